The molecule has 0 saturated heterocycles. The van der Waals surface area contributed by atoms with Gasteiger partial charge in [-0.3, -0.25) is 0 Å². The van der Waals surface area contributed by atoms with Crippen LogP contribution in [0.2, 0.25) is 5.04 Å². The average Bonchev–Trinajstić information content (AvgIpc) is 2.69. The molecule has 0 unspecified atom stereocenters. The molecule has 0 aliphatic rings. The van der Waals surface area contributed by atoms with Crippen molar-refractivity contribution in [3.8, 4) is 0 Å². The van der Waals surface area contributed by atoms with E-state index in [1.165, 1.54) is 15.9 Å². The van der Waals surface area contributed by atoms with Crippen molar-refractivity contribution in [1.29, 1.82) is 0 Å². The minimum Gasteiger partial charge on any atom is -0.407 e. The summed E-state index contributed by atoms with van der Waals surface area (Å²) in [5.41, 5.74) is 1.18. The van der Waals surface area contributed by atoms with Crippen LogP contribution in [0.5, 0.6) is 0 Å². The summed E-state index contributed by atoms with van der Waals surface area (Å²) in [4.78, 5) is 0. The number of allylic oxidation sites excluding steroid dienone is 2. The van der Waals surface area contributed by atoms with Crippen molar-refractivity contribution in [2.24, 2.45) is 5.92 Å². The molecular weight excluding hydrogens is 372 g/mol. The minimum atomic E-state index is -2.47. The van der Waals surface area contributed by atoms with E-state index in [1.54, 1.807) is 0 Å². The summed E-state index contributed by atoms with van der Waals surface area (Å²) < 4.78 is 6.96. The van der Waals surface area contributed by atoms with Crippen molar-refractivity contribution in [2.45, 2.75) is 46.1 Å². The molecule has 0 aliphatic heterocycles. The van der Waals surface area contributed by atoms with Gasteiger partial charge in [0.15, 0.2) is 0 Å². The van der Waals surface area contributed by atoms with E-state index in [0.717, 1.165) is 6.42 Å². The lowest BCUT2D eigenvalue weighted by molar-refractivity contribution is 0.268. The van der Waals surface area contributed by atoms with Crippen LogP contribution in [0, 0.1) is 5.92 Å². The maximum absolute atomic E-state index is 9.03. The topological polar surface area (TPSA) is 29.5 Å². The summed E-state index contributed by atoms with van der Waals surface area (Å²) in [5.74, 6) is 0.301. The Morgan fingerprint density at radius 3 is 1.97 bits per heavy atom. The highest BCUT2D eigenvalue weighted by Crippen LogP contribution is 2.37. The summed E-state index contributed by atoms with van der Waals surface area (Å²) in [5, 5.41) is 11.7. The first kappa shape index (κ1) is 23.3. The predicted molar refractivity (Wildman–Crippen MR) is 127 cm³/mol. The van der Waals surface area contributed by atoms with Gasteiger partial charge < -0.3 is 9.53 Å². The zero-order valence-corrected chi connectivity index (χ0v) is 19.6. The van der Waals surface area contributed by atoms with E-state index >= 15 is 0 Å². The normalized spacial score (nSPS) is 14.3. The van der Waals surface area contributed by atoms with Crippen LogP contribution in [0.25, 0.3) is 0 Å². The molecule has 1 N–H and O–H groups in total. The van der Waals surface area contributed by atoms with E-state index in [9.17, 15) is 0 Å². The number of aliphatic hydroxyl groups is 1. The summed E-state index contributed by atoms with van der Waals surface area (Å²) in [7, 11) is -2.47. The predicted octanol–water partition coefficient (Wildman–Crippen LogP) is 5.08. The van der Waals surface area contributed by atoms with E-state index in [4.69, 9.17) is 9.53 Å². The molecule has 0 amide bonds. The highest BCUT2D eigenvalue weighted by atomic mass is 28.4. The summed E-state index contributed by atoms with van der Waals surface area (Å²) in [6.07, 6.45) is 7.08. The van der Waals surface area contributed by atoms with Gasteiger partial charge in [-0.1, -0.05) is 112 Å². The molecule has 0 aliphatic carbocycles. The third kappa shape index (κ3) is 6.02. The van der Waals surface area contributed by atoms with E-state index in [1.807, 2.05) is 6.92 Å². The van der Waals surface area contributed by atoms with Crippen molar-refractivity contribution >= 4 is 18.7 Å². The van der Waals surface area contributed by atoms with Crippen LogP contribution in [0.15, 0.2) is 84.5 Å². The highest BCUT2D eigenvalue weighted by Gasteiger charge is 2.50. The van der Waals surface area contributed by atoms with Crippen LogP contribution in [0.1, 0.15) is 41.0 Å². The van der Waals surface area contributed by atoms with Gasteiger partial charge in [0.2, 0.25) is 0 Å². The Balaban J connectivity index is 2.34. The van der Waals surface area contributed by atoms with Gasteiger partial charge >= 0.3 is 0 Å². The molecule has 29 heavy (non-hydrogen) atoms. The van der Waals surface area contributed by atoms with Crippen LogP contribution in [0.4, 0.5) is 0 Å². The maximum Gasteiger partial charge on any atom is 0.261 e. The monoisotopic (exact) mass is 408 g/mol. The van der Waals surface area contributed by atoms with E-state index in [0.29, 0.717) is 12.5 Å². The van der Waals surface area contributed by atoms with Gasteiger partial charge in [0, 0.05) is 13.2 Å². The SMILES string of the molecule is C/C(=C\C=C\[C@H](C)CO[Si](c1ccccc1)(c1ccccc1)C(C)(C)C)CCO. The first-order valence-corrected chi connectivity index (χ1v) is 12.4. The third-order valence-corrected chi connectivity index (χ3v) is 10.3. The Hall–Kier alpha value is -1.94. The lowest BCUT2D eigenvalue weighted by atomic mass is 10.1. The zero-order valence-electron chi connectivity index (χ0n) is 18.6. The minimum absolute atomic E-state index is 0.00322. The Labute approximate surface area is 178 Å². The molecule has 3 heteroatoms. The fourth-order valence-corrected chi connectivity index (χ4v) is 8.41. The van der Waals surface area contributed by atoms with Crippen LogP contribution in [0.3, 0.4) is 0 Å². The smallest absolute Gasteiger partial charge is 0.261 e. The molecule has 0 aromatic heterocycles. The fraction of sp³-hybridized carbons (Fsp3) is 0.385. The molecule has 0 spiro atoms. The highest BCUT2D eigenvalue weighted by molar-refractivity contribution is 6.99. The number of benzene rings is 2. The van der Waals surface area contributed by atoms with Crippen LogP contribution in [-0.4, -0.2) is 26.6 Å². The Morgan fingerprint density at radius 2 is 1.52 bits per heavy atom. The molecule has 0 heterocycles. The van der Waals surface area contributed by atoms with Crippen LogP contribution < -0.4 is 10.4 Å². The lowest BCUT2D eigenvalue weighted by Gasteiger charge is -2.43. The van der Waals surface area contributed by atoms with Gasteiger partial charge in [0.1, 0.15) is 0 Å². The second-order valence-electron chi connectivity index (χ2n) is 8.82. The van der Waals surface area contributed by atoms with E-state index < -0.39 is 8.32 Å². The van der Waals surface area contributed by atoms with Gasteiger partial charge in [-0.05, 0) is 34.7 Å². The largest absolute Gasteiger partial charge is 0.407 e. The lowest BCUT2D eigenvalue weighted by Crippen LogP contribution is -2.66. The Bertz CT molecular complexity index is 749. The first-order chi connectivity index (χ1) is 13.8. The molecule has 2 aromatic rings. The number of rotatable bonds is 9. The Morgan fingerprint density at radius 1 is 1.00 bits per heavy atom. The fourth-order valence-electron chi connectivity index (χ4n) is 3.74. The molecule has 1 atom stereocenters. The summed E-state index contributed by atoms with van der Waals surface area (Å²) in [6.45, 7) is 12.0. The molecular formula is C26H36O2Si. The zero-order chi connectivity index (χ0) is 21.3. The maximum atomic E-state index is 9.03. The summed E-state index contributed by atoms with van der Waals surface area (Å²) >= 11 is 0. The molecule has 0 bridgehead atoms. The van der Waals surface area contributed by atoms with Crippen molar-refractivity contribution in [1.82, 2.24) is 0 Å². The molecule has 156 valence electrons. The first-order valence-electron chi connectivity index (χ1n) is 10.5. The van der Waals surface area contributed by atoms with Gasteiger partial charge in [0.05, 0.1) is 0 Å². The van der Waals surface area contributed by atoms with Gasteiger partial charge in [0.25, 0.3) is 8.32 Å². The average molecular weight is 409 g/mol. The molecule has 2 nitrogen and oxygen atoms in total. The molecule has 2 aromatic carbocycles. The quantitative estimate of drug-likeness (QED) is 0.463. The number of hydrogen-bond acceptors (Lipinski definition) is 2. The van der Waals surface area contributed by atoms with Crippen molar-refractivity contribution in [2.75, 3.05) is 13.2 Å². The molecule has 0 radical (unpaired) electrons. The standard InChI is InChI=1S/C26H36O2Si/c1-22(19-20-27)13-12-14-23(2)21-28-29(26(3,4)5,24-15-8-6-9-16-24)25-17-10-7-11-18-25/h6-18,23,27H,19-21H2,1-5H3/b14-12+,22-13+/t23-/m0/s1. The van der Waals surface area contributed by atoms with Gasteiger partial charge in [-0.2, -0.15) is 0 Å². The van der Waals surface area contributed by atoms with Crippen LogP contribution >= 0.6 is 0 Å². The van der Waals surface area contributed by atoms with Crippen LogP contribution in [-0.2, 0) is 4.43 Å². The third-order valence-electron chi connectivity index (χ3n) is 5.31. The van der Waals surface area contributed by atoms with E-state index in [-0.39, 0.29) is 11.6 Å². The second-order valence-corrected chi connectivity index (χ2v) is 13.1. The van der Waals surface area contributed by atoms with Crippen molar-refractivity contribution in [3.05, 3.63) is 84.5 Å². The van der Waals surface area contributed by atoms with Gasteiger partial charge in [-0.25, -0.2) is 0 Å². The molecule has 0 saturated carbocycles. The number of hydrogen-bond donors (Lipinski definition) is 1. The molecule has 0 fully saturated rings. The van der Waals surface area contributed by atoms with Gasteiger partial charge in [-0.15, -0.1) is 0 Å². The van der Waals surface area contributed by atoms with Crippen molar-refractivity contribution in [3.63, 3.8) is 0 Å². The summed E-state index contributed by atoms with van der Waals surface area (Å²) in [6, 6.07) is 21.5. The second kappa shape index (κ2) is 10.7. The Kier molecular flexibility index (Phi) is 8.63. The molecule has 2 rings (SSSR count). The number of aliphatic hydroxyl groups excluding tert-OH is 1. The van der Waals surface area contributed by atoms with E-state index in [2.05, 4.69) is 107 Å². The van der Waals surface area contributed by atoms with Crippen molar-refractivity contribution < 1.29 is 9.53 Å².